The highest BCUT2D eigenvalue weighted by atomic mass is 79.9. The van der Waals surface area contributed by atoms with Gasteiger partial charge in [-0.2, -0.15) is 0 Å². The van der Waals surface area contributed by atoms with Gasteiger partial charge in [-0.05, 0) is 41.8 Å². The third kappa shape index (κ3) is 3.20. The van der Waals surface area contributed by atoms with Crippen LogP contribution in [0.3, 0.4) is 0 Å². The first kappa shape index (κ1) is 13.5. The molecule has 0 aromatic carbocycles. The van der Waals surface area contributed by atoms with Crippen LogP contribution in [0.15, 0.2) is 15.1 Å². The minimum atomic E-state index is -3.78. The second kappa shape index (κ2) is 4.73. The Bertz CT molecular complexity index is 545. The van der Waals surface area contributed by atoms with Gasteiger partial charge in [0.2, 0.25) is 10.0 Å². The molecule has 0 aliphatic carbocycles. The van der Waals surface area contributed by atoms with Crippen LogP contribution in [-0.4, -0.2) is 18.3 Å². The van der Waals surface area contributed by atoms with Crippen molar-refractivity contribution in [2.24, 2.45) is 5.14 Å². The van der Waals surface area contributed by atoms with E-state index in [9.17, 15) is 18.5 Å². The van der Waals surface area contributed by atoms with Gasteiger partial charge in [-0.1, -0.05) is 0 Å². The molecule has 1 aromatic heterocycles. The number of aromatic nitrogens is 1. The van der Waals surface area contributed by atoms with E-state index in [4.69, 9.17) is 5.14 Å². The van der Waals surface area contributed by atoms with Crippen LogP contribution in [0.1, 0.15) is 5.56 Å². The zero-order chi connectivity index (χ0) is 12.5. The monoisotopic (exact) mass is 373 g/mol. The fourth-order valence-corrected chi connectivity index (χ4v) is 3.33. The maximum atomic E-state index is 10.9. The Morgan fingerprint density at radius 3 is 2.50 bits per heavy atom. The van der Waals surface area contributed by atoms with Crippen molar-refractivity contribution in [2.45, 2.75) is 5.75 Å². The maximum absolute atomic E-state index is 10.9. The number of hydrogen-bond acceptors (Lipinski definition) is 5. The number of pyridine rings is 1. The minimum absolute atomic E-state index is 0.000833. The number of hydrogen-bond donors (Lipinski definition) is 1. The lowest BCUT2D eigenvalue weighted by Gasteiger charge is -2.04. The average molecular weight is 375 g/mol. The molecule has 2 N–H and O–H groups in total. The van der Waals surface area contributed by atoms with Gasteiger partial charge in [-0.3, -0.25) is 0 Å². The Morgan fingerprint density at radius 2 is 2.06 bits per heavy atom. The predicted molar refractivity (Wildman–Crippen MR) is 63.1 cm³/mol. The Kier molecular flexibility index (Phi) is 3.99. The van der Waals surface area contributed by atoms with E-state index in [1.54, 1.807) is 0 Å². The van der Waals surface area contributed by atoms with Gasteiger partial charge in [0.05, 0.1) is 10.2 Å². The van der Waals surface area contributed by atoms with Gasteiger partial charge in [0.25, 0.3) is 0 Å². The summed E-state index contributed by atoms with van der Waals surface area (Å²) in [5.41, 5.74) is 0.171. The fourth-order valence-electron chi connectivity index (χ4n) is 0.953. The van der Waals surface area contributed by atoms with Crippen LogP contribution in [-0.2, 0) is 15.8 Å². The topological polar surface area (TPSA) is 116 Å². The SMILES string of the molecule is NS(=O)(=O)Cc1c(Br)cnc([N+](=O)[O-])c1Br. The molecule has 1 aromatic rings. The van der Waals surface area contributed by atoms with Crippen LogP contribution in [0.4, 0.5) is 5.82 Å². The first-order valence-electron chi connectivity index (χ1n) is 3.70. The average Bonchev–Trinajstić information content (AvgIpc) is 2.10. The first-order valence-corrected chi connectivity index (χ1v) is 7.00. The summed E-state index contributed by atoms with van der Waals surface area (Å²) in [6.07, 6.45) is 1.16. The molecule has 0 aliphatic rings. The first-order chi connectivity index (χ1) is 7.22. The molecule has 10 heteroatoms. The molecule has 0 saturated carbocycles. The van der Waals surface area contributed by atoms with Crippen molar-refractivity contribution >= 4 is 47.7 Å². The van der Waals surface area contributed by atoms with E-state index in [0.717, 1.165) is 6.20 Å². The summed E-state index contributed by atoms with van der Waals surface area (Å²) in [6.45, 7) is 0. The molecule has 0 atom stereocenters. The van der Waals surface area contributed by atoms with Crippen molar-refractivity contribution in [3.8, 4) is 0 Å². The zero-order valence-electron chi connectivity index (χ0n) is 7.55. The number of rotatable bonds is 3. The van der Waals surface area contributed by atoms with E-state index in [1.165, 1.54) is 0 Å². The molecule has 7 nitrogen and oxygen atoms in total. The summed E-state index contributed by atoms with van der Waals surface area (Å²) in [5.74, 6) is -0.973. The predicted octanol–water partition coefficient (Wildman–Crippen LogP) is 1.30. The summed E-state index contributed by atoms with van der Waals surface area (Å²) in [4.78, 5) is 13.4. The molecule has 16 heavy (non-hydrogen) atoms. The van der Waals surface area contributed by atoms with Crippen LogP contribution in [0.2, 0.25) is 0 Å². The molecule has 0 radical (unpaired) electrons. The van der Waals surface area contributed by atoms with Crippen LogP contribution < -0.4 is 5.14 Å². The van der Waals surface area contributed by atoms with Crippen LogP contribution in [0.5, 0.6) is 0 Å². The van der Waals surface area contributed by atoms with E-state index in [2.05, 4.69) is 36.8 Å². The highest BCUT2D eigenvalue weighted by molar-refractivity contribution is 9.11. The molecule has 0 unspecified atom stereocenters. The molecule has 1 rings (SSSR count). The summed E-state index contributed by atoms with van der Waals surface area (Å²) < 4.78 is 22.2. The Labute approximate surface area is 108 Å². The van der Waals surface area contributed by atoms with Crippen molar-refractivity contribution in [3.63, 3.8) is 0 Å². The number of nitrogens with two attached hydrogens (primary N) is 1. The molecule has 0 aliphatic heterocycles. The van der Waals surface area contributed by atoms with Crippen molar-refractivity contribution in [2.75, 3.05) is 0 Å². The van der Waals surface area contributed by atoms with E-state index < -0.39 is 26.5 Å². The molecular weight excluding hydrogens is 370 g/mol. The maximum Gasteiger partial charge on any atom is 0.378 e. The van der Waals surface area contributed by atoms with Gasteiger partial charge in [0, 0.05) is 5.56 Å². The van der Waals surface area contributed by atoms with E-state index in [1.807, 2.05) is 0 Å². The van der Waals surface area contributed by atoms with E-state index >= 15 is 0 Å². The lowest BCUT2D eigenvalue weighted by Crippen LogP contribution is -2.15. The smallest absolute Gasteiger partial charge is 0.358 e. The fraction of sp³-hybridized carbons (Fsp3) is 0.167. The molecule has 1 heterocycles. The highest BCUT2D eigenvalue weighted by Gasteiger charge is 2.22. The standard InChI is InChI=1S/C6H5Br2N3O4S/c7-4-1-10-6(11(12)13)5(8)3(4)2-16(9,14)15/h1H,2H2,(H2,9,14,15). The Balaban J connectivity index is 3.38. The molecule has 0 fully saturated rings. The number of primary sulfonamides is 1. The highest BCUT2D eigenvalue weighted by Crippen LogP contribution is 2.32. The Hall–Kier alpha value is -0.580. The Morgan fingerprint density at radius 1 is 1.50 bits per heavy atom. The van der Waals surface area contributed by atoms with Gasteiger partial charge < -0.3 is 10.1 Å². The van der Waals surface area contributed by atoms with Crippen LogP contribution in [0, 0.1) is 10.1 Å². The minimum Gasteiger partial charge on any atom is -0.358 e. The molecular formula is C6H5Br2N3O4S. The van der Waals surface area contributed by atoms with Crippen molar-refractivity contribution < 1.29 is 13.3 Å². The van der Waals surface area contributed by atoms with E-state index in [-0.39, 0.29) is 10.0 Å². The quantitative estimate of drug-likeness (QED) is 0.632. The zero-order valence-corrected chi connectivity index (χ0v) is 11.5. The molecule has 0 spiro atoms. The van der Waals surface area contributed by atoms with Gasteiger partial charge in [-0.15, -0.1) is 0 Å². The second-order valence-corrected chi connectivity index (χ2v) is 6.05. The second-order valence-electron chi connectivity index (χ2n) is 2.79. The lowest BCUT2D eigenvalue weighted by molar-refractivity contribution is -0.390. The number of nitrogens with zero attached hydrogens (tertiary/aromatic N) is 2. The normalized spacial score (nSPS) is 11.4. The number of nitro groups is 1. The van der Waals surface area contributed by atoms with Gasteiger partial charge in [0.15, 0.2) is 6.20 Å². The summed E-state index contributed by atoms with van der Waals surface area (Å²) >= 11 is 5.98. The van der Waals surface area contributed by atoms with Crippen LogP contribution >= 0.6 is 31.9 Å². The summed E-state index contributed by atoms with van der Waals surface area (Å²) in [6, 6.07) is 0. The van der Waals surface area contributed by atoms with Crippen molar-refractivity contribution in [1.29, 1.82) is 0 Å². The van der Waals surface area contributed by atoms with Gasteiger partial charge >= 0.3 is 5.82 Å². The van der Waals surface area contributed by atoms with Crippen molar-refractivity contribution in [1.82, 2.24) is 4.98 Å². The molecule has 0 bridgehead atoms. The number of halogens is 2. The van der Waals surface area contributed by atoms with Gasteiger partial charge in [-0.25, -0.2) is 13.6 Å². The molecule has 0 amide bonds. The van der Waals surface area contributed by atoms with Crippen molar-refractivity contribution in [3.05, 3.63) is 30.8 Å². The largest absolute Gasteiger partial charge is 0.378 e. The third-order valence-electron chi connectivity index (χ3n) is 1.57. The van der Waals surface area contributed by atoms with Crippen LogP contribution in [0.25, 0.3) is 0 Å². The van der Waals surface area contributed by atoms with Gasteiger partial charge in [0.1, 0.15) is 4.47 Å². The number of sulfonamides is 1. The summed E-state index contributed by atoms with van der Waals surface area (Å²) in [5, 5.41) is 15.4. The molecule has 88 valence electrons. The summed E-state index contributed by atoms with van der Waals surface area (Å²) in [7, 11) is -3.78. The van der Waals surface area contributed by atoms with E-state index in [0.29, 0.717) is 4.47 Å². The third-order valence-corrected chi connectivity index (χ3v) is 3.78. The lowest BCUT2D eigenvalue weighted by atomic mass is 10.3. The molecule has 0 saturated heterocycles.